The van der Waals surface area contributed by atoms with E-state index in [4.69, 9.17) is 0 Å². The lowest BCUT2D eigenvalue weighted by molar-refractivity contribution is -0.121. The van der Waals surface area contributed by atoms with Gasteiger partial charge in [-0.05, 0) is 55.7 Å². The summed E-state index contributed by atoms with van der Waals surface area (Å²) >= 11 is 0. The Bertz CT molecular complexity index is 1020. The van der Waals surface area contributed by atoms with Crippen LogP contribution in [0.25, 0.3) is 0 Å². The summed E-state index contributed by atoms with van der Waals surface area (Å²) in [7, 11) is -3.72. The molecular weight excluding hydrogens is 404 g/mol. The summed E-state index contributed by atoms with van der Waals surface area (Å²) in [4.78, 5) is 30.3. The van der Waals surface area contributed by atoms with Gasteiger partial charge >= 0.3 is 0 Å². The van der Waals surface area contributed by atoms with E-state index in [1.54, 1.807) is 41.6 Å². The molecule has 1 aromatic heterocycles. The third kappa shape index (κ3) is 4.22. The van der Waals surface area contributed by atoms with Crippen LogP contribution in [-0.4, -0.2) is 49.2 Å². The van der Waals surface area contributed by atoms with Gasteiger partial charge in [0.25, 0.3) is 0 Å². The molecule has 0 radical (unpaired) electrons. The van der Waals surface area contributed by atoms with Crippen molar-refractivity contribution in [1.29, 1.82) is 0 Å². The van der Waals surface area contributed by atoms with Crippen LogP contribution in [0.4, 0.5) is 11.4 Å². The molecule has 2 fully saturated rings. The topological polar surface area (TPSA) is 99.7 Å². The number of benzene rings is 1. The average Bonchev–Trinajstić information content (AvgIpc) is 3.20. The van der Waals surface area contributed by atoms with Gasteiger partial charge in [0.15, 0.2) is 0 Å². The van der Waals surface area contributed by atoms with Crippen LogP contribution in [0.1, 0.15) is 25.7 Å². The monoisotopic (exact) mass is 428 g/mol. The zero-order valence-electron chi connectivity index (χ0n) is 16.5. The van der Waals surface area contributed by atoms with Crippen LogP contribution in [-0.2, 0) is 19.6 Å². The SMILES string of the molecule is O=C(Nc1ccncc1)C1CCCN(S(=O)(=O)c2ccc(N3CCCC3=O)cc2)C1. The first-order valence-corrected chi connectivity index (χ1v) is 11.5. The van der Waals surface area contributed by atoms with Gasteiger partial charge in [-0.25, -0.2) is 8.42 Å². The molecule has 2 aliphatic heterocycles. The predicted molar refractivity (Wildman–Crippen MR) is 112 cm³/mol. The number of carbonyl (C=O) groups excluding carboxylic acids is 2. The van der Waals surface area contributed by atoms with E-state index in [1.807, 2.05) is 0 Å². The van der Waals surface area contributed by atoms with Crippen molar-refractivity contribution in [2.75, 3.05) is 29.9 Å². The highest BCUT2D eigenvalue weighted by Gasteiger charge is 2.33. The number of rotatable bonds is 5. The van der Waals surface area contributed by atoms with Crippen molar-refractivity contribution in [3.05, 3.63) is 48.8 Å². The van der Waals surface area contributed by atoms with E-state index in [1.165, 1.54) is 16.4 Å². The summed E-state index contributed by atoms with van der Waals surface area (Å²) in [5, 5.41) is 2.83. The molecule has 9 heteroatoms. The summed E-state index contributed by atoms with van der Waals surface area (Å²) in [6, 6.07) is 9.82. The summed E-state index contributed by atoms with van der Waals surface area (Å²) < 4.78 is 27.6. The zero-order valence-corrected chi connectivity index (χ0v) is 17.3. The fourth-order valence-electron chi connectivity index (χ4n) is 3.92. The second-order valence-electron chi connectivity index (χ2n) is 7.57. The van der Waals surface area contributed by atoms with E-state index in [2.05, 4.69) is 10.3 Å². The number of hydrogen-bond acceptors (Lipinski definition) is 5. The van der Waals surface area contributed by atoms with Gasteiger partial charge in [-0.1, -0.05) is 0 Å². The van der Waals surface area contributed by atoms with Gasteiger partial charge in [0.05, 0.1) is 10.8 Å². The largest absolute Gasteiger partial charge is 0.326 e. The van der Waals surface area contributed by atoms with Gasteiger partial charge in [0, 0.05) is 49.8 Å². The highest BCUT2D eigenvalue weighted by Crippen LogP contribution is 2.27. The second kappa shape index (κ2) is 8.53. The van der Waals surface area contributed by atoms with Crippen molar-refractivity contribution in [1.82, 2.24) is 9.29 Å². The number of pyridine rings is 1. The molecule has 1 unspecified atom stereocenters. The van der Waals surface area contributed by atoms with Crippen molar-refractivity contribution in [2.24, 2.45) is 5.92 Å². The first-order chi connectivity index (χ1) is 14.4. The van der Waals surface area contributed by atoms with Gasteiger partial charge in [-0.2, -0.15) is 4.31 Å². The van der Waals surface area contributed by atoms with E-state index in [0.29, 0.717) is 43.7 Å². The Morgan fingerprint density at radius 1 is 1.03 bits per heavy atom. The molecule has 2 aliphatic rings. The Labute approximate surface area is 175 Å². The normalized spacial score (nSPS) is 20.3. The van der Waals surface area contributed by atoms with Crippen molar-refractivity contribution in [3.8, 4) is 0 Å². The molecule has 0 aliphatic carbocycles. The lowest BCUT2D eigenvalue weighted by Gasteiger charge is -2.31. The van der Waals surface area contributed by atoms with Crippen LogP contribution >= 0.6 is 0 Å². The minimum atomic E-state index is -3.72. The Hall–Kier alpha value is -2.78. The molecule has 1 N–H and O–H groups in total. The maximum atomic E-state index is 13.1. The predicted octanol–water partition coefficient (Wildman–Crippen LogP) is 2.25. The van der Waals surface area contributed by atoms with Crippen molar-refractivity contribution in [2.45, 2.75) is 30.6 Å². The van der Waals surface area contributed by atoms with Crippen LogP contribution in [0.3, 0.4) is 0 Å². The molecule has 3 heterocycles. The first kappa shape index (κ1) is 20.5. The van der Waals surface area contributed by atoms with Gasteiger partial charge in [0.2, 0.25) is 21.8 Å². The maximum absolute atomic E-state index is 13.1. The van der Waals surface area contributed by atoms with Crippen LogP contribution in [0, 0.1) is 5.92 Å². The average molecular weight is 429 g/mol. The number of nitrogens with one attached hydrogen (secondary N) is 1. The number of carbonyl (C=O) groups is 2. The smallest absolute Gasteiger partial charge is 0.243 e. The van der Waals surface area contributed by atoms with Crippen LogP contribution in [0.15, 0.2) is 53.7 Å². The van der Waals surface area contributed by atoms with Crippen LogP contribution < -0.4 is 10.2 Å². The molecule has 2 saturated heterocycles. The fraction of sp³-hybridized carbons (Fsp3) is 0.381. The highest BCUT2D eigenvalue weighted by molar-refractivity contribution is 7.89. The highest BCUT2D eigenvalue weighted by atomic mass is 32.2. The summed E-state index contributed by atoms with van der Waals surface area (Å²) in [5.41, 5.74) is 1.35. The third-order valence-corrected chi connectivity index (χ3v) is 7.44. The Kier molecular flexibility index (Phi) is 5.83. The van der Waals surface area contributed by atoms with Crippen LogP contribution in [0.5, 0.6) is 0 Å². The summed E-state index contributed by atoms with van der Waals surface area (Å²) in [6.07, 6.45) is 5.78. The maximum Gasteiger partial charge on any atom is 0.243 e. The number of amides is 2. The molecule has 1 aromatic carbocycles. The van der Waals surface area contributed by atoms with E-state index in [0.717, 1.165) is 6.42 Å². The van der Waals surface area contributed by atoms with Gasteiger partial charge in [0.1, 0.15) is 0 Å². The Morgan fingerprint density at radius 2 is 1.77 bits per heavy atom. The quantitative estimate of drug-likeness (QED) is 0.787. The molecule has 30 heavy (non-hydrogen) atoms. The Balaban J connectivity index is 1.45. The molecule has 1 atom stereocenters. The molecule has 158 valence electrons. The van der Waals surface area contributed by atoms with E-state index in [-0.39, 0.29) is 23.3 Å². The lowest BCUT2D eigenvalue weighted by Crippen LogP contribution is -2.43. The number of aromatic nitrogens is 1. The second-order valence-corrected chi connectivity index (χ2v) is 9.51. The molecule has 2 amide bonds. The fourth-order valence-corrected chi connectivity index (χ4v) is 5.45. The van der Waals surface area contributed by atoms with Crippen molar-refractivity contribution < 1.29 is 18.0 Å². The molecule has 2 aromatic rings. The molecule has 0 saturated carbocycles. The van der Waals surface area contributed by atoms with Gasteiger partial charge in [-0.15, -0.1) is 0 Å². The number of nitrogens with zero attached hydrogens (tertiary/aromatic N) is 3. The molecule has 4 rings (SSSR count). The summed E-state index contributed by atoms with van der Waals surface area (Å²) in [5.74, 6) is -0.545. The first-order valence-electron chi connectivity index (χ1n) is 10.1. The summed E-state index contributed by atoms with van der Waals surface area (Å²) in [6.45, 7) is 1.19. The number of piperidine rings is 1. The molecule has 0 bridgehead atoms. The number of sulfonamides is 1. The van der Waals surface area contributed by atoms with E-state index >= 15 is 0 Å². The zero-order chi connectivity index (χ0) is 21.1. The Morgan fingerprint density at radius 3 is 2.43 bits per heavy atom. The van der Waals surface area contributed by atoms with Gasteiger partial charge in [-0.3, -0.25) is 14.6 Å². The number of anilines is 2. The van der Waals surface area contributed by atoms with E-state index < -0.39 is 15.9 Å². The molecule has 0 spiro atoms. The molecular formula is C21H24N4O4S. The van der Waals surface area contributed by atoms with Crippen molar-refractivity contribution in [3.63, 3.8) is 0 Å². The van der Waals surface area contributed by atoms with Crippen molar-refractivity contribution >= 4 is 33.2 Å². The lowest BCUT2D eigenvalue weighted by atomic mass is 9.99. The molecule has 8 nitrogen and oxygen atoms in total. The number of hydrogen-bond donors (Lipinski definition) is 1. The van der Waals surface area contributed by atoms with E-state index in [9.17, 15) is 18.0 Å². The third-order valence-electron chi connectivity index (χ3n) is 5.56. The minimum Gasteiger partial charge on any atom is -0.326 e. The van der Waals surface area contributed by atoms with Gasteiger partial charge < -0.3 is 10.2 Å². The minimum absolute atomic E-state index is 0.0599. The van der Waals surface area contributed by atoms with Crippen LogP contribution in [0.2, 0.25) is 0 Å². The standard InChI is InChI=1S/C21H24N4O4S/c26-20-4-2-14-25(20)18-5-7-19(8-6-18)30(28,29)24-13-1-3-16(15-24)21(27)23-17-9-11-22-12-10-17/h5-12,16H,1-4,13-15H2,(H,22,23,27).